The molecule has 0 atom stereocenters. The summed E-state index contributed by atoms with van der Waals surface area (Å²) in [5.41, 5.74) is 5.49. The van der Waals surface area contributed by atoms with Crippen LogP contribution in [0.3, 0.4) is 0 Å². The molecular formula is C17H19FN4O3S. The maximum atomic E-state index is 14.0. The predicted octanol–water partition coefficient (Wildman–Crippen LogP) is 2.59. The number of ketones is 1. The van der Waals surface area contributed by atoms with Crippen molar-refractivity contribution in [3.63, 3.8) is 0 Å². The van der Waals surface area contributed by atoms with Crippen LogP contribution < -0.4 is 15.4 Å². The van der Waals surface area contributed by atoms with Crippen LogP contribution in [0.15, 0.2) is 24.4 Å². The van der Waals surface area contributed by atoms with Gasteiger partial charge in [-0.15, -0.1) is 0 Å². The number of Topliss-reactive ketones (excluding diaryl/α,β-unsaturated/α-hetero) is 1. The summed E-state index contributed by atoms with van der Waals surface area (Å²) >= 11 is 1.11. The van der Waals surface area contributed by atoms with Gasteiger partial charge in [-0.05, 0) is 32.0 Å². The van der Waals surface area contributed by atoms with Crippen LogP contribution in [-0.4, -0.2) is 35.7 Å². The zero-order valence-electron chi connectivity index (χ0n) is 14.4. The van der Waals surface area contributed by atoms with Gasteiger partial charge in [0.25, 0.3) is 0 Å². The standard InChI is InChI=1S/C17H19FN4O3S/c1-3-22(7-6-10(2)23)17-21-9-14(26-17)16(24)25-13-5-4-11(15(19)20)8-12(13)18/h4-5,8-9H,3,6-7H2,1-2H3,(H3,19,20). The number of nitrogen functional groups attached to an aromatic ring is 1. The van der Waals surface area contributed by atoms with E-state index in [0.29, 0.717) is 24.6 Å². The first-order chi connectivity index (χ1) is 12.3. The van der Waals surface area contributed by atoms with E-state index in [1.165, 1.54) is 25.3 Å². The van der Waals surface area contributed by atoms with Crippen LogP contribution in [0, 0.1) is 11.2 Å². The van der Waals surface area contributed by atoms with Gasteiger partial charge in [0.15, 0.2) is 16.7 Å². The van der Waals surface area contributed by atoms with Crippen molar-refractivity contribution in [3.05, 3.63) is 40.7 Å². The highest BCUT2D eigenvalue weighted by atomic mass is 32.1. The van der Waals surface area contributed by atoms with Crippen LogP contribution in [0.25, 0.3) is 0 Å². The van der Waals surface area contributed by atoms with Crippen molar-refractivity contribution < 1.29 is 18.7 Å². The Morgan fingerprint density at radius 3 is 2.73 bits per heavy atom. The van der Waals surface area contributed by atoms with Gasteiger partial charge in [-0.25, -0.2) is 14.2 Å². The molecular weight excluding hydrogens is 359 g/mol. The molecule has 0 spiro atoms. The quantitative estimate of drug-likeness (QED) is 0.316. The first-order valence-electron chi connectivity index (χ1n) is 7.88. The number of carbonyl (C=O) groups excluding carboxylic acids is 2. The van der Waals surface area contributed by atoms with Gasteiger partial charge in [0.05, 0.1) is 6.20 Å². The van der Waals surface area contributed by atoms with Gasteiger partial charge in [0.2, 0.25) is 0 Å². The average Bonchev–Trinajstić information content (AvgIpc) is 3.07. The van der Waals surface area contributed by atoms with Crippen LogP contribution in [0.5, 0.6) is 5.75 Å². The molecule has 9 heteroatoms. The van der Waals surface area contributed by atoms with Crippen LogP contribution >= 0.6 is 11.3 Å². The van der Waals surface area contributed by atoms with Crippen molar-refractivity contribution in [1.29, 1.82) is 5.41 Å². The summed E-state index contributed by atoms with van der Waals surface area (Å²) in [6.07, 6.45) is 1.75. The molecule has 0 aliphatic carbocycles. The number of halogens is 1. The molecule has 0 aliphatic rings. The molecule has 0 saturated carbocycles. The molecule has 3 N–H and O–H groups in total. The van der Waals surface area contributed by atoms with E-state index >= 15 is 0 Å². The number of hydrogen-bond acceptors (Lipinski definition) is 7. The lowest BCUT2D eigenvalue weighted by Crippen LogP contribution is -2.25. The number of benzene rings is 1. The van der Waals surface area contributed by atoms with Gasteiger partial charge in [-0.3, -0.25) is 10.2 Å². The van der Waals surface area contributed by atoms with E-state index in [4.69, 9.17) is 15.9 Å². The molecule has 2 aromatic rings. The van der Waals surface area contributed by atoms with E-state index in [9.17, 15) is 14.0 Å². The maximum Gasteiger partial charge on any atom is 0.355 e. The summed E-state index contributed by atoms with van der Waals surface area (Å²) in [5.74, 6) is -1.97. The summed E-state index contributed by atoms with van der Waals surface area (Å²) in [6, 6.07) is 3.67. The Morgan fingerprint density at radius 1 is 1.42 bits per heavy atom. The molecule has 0 fully saturated rings. The minimum atomic E-state index is -0.785. The molecule has 0 saturated heterocycles. The summed E-state index contributed by atoms with van der Waals surface area (Å²) in [4.78, 5) is 29.6. The van der Waals surface area contributed by atoms with Gasteiger partial charge in [-0.2, -0.15) is 0 Å². The monoisotopic (exact) mass is 378 g/mol. The summed E-state index contributed by atoms with van der Waals surface area (Å²) in [7, 11) is 0. The lowest BCUT2D eigenvalue weighted by molar-refractivity contribution is -0.116. The molecule has 7 nitrogen and oxygen atoms in total. The molecule has 0 unspecified atom stereocenters. The van der Waals surface area contributed by atoms with Crippen LogP contribution in [0.2, 0.25) is 0 Å². The van der Waals surface area contributed by atoms with E-state index in [1.807, 2.05) is 11.8 Å². The number of aromatic nitrogens is 1. The van der Waals surface area contributed by atoms with Gasteiger partial charge in [-0.1, -0.05) is 11.3 Å². The first-order valence-corrected chi connectivity index (χ1v) is 8.69. The van der Waals surface area contributed by atoms with Crippen LogP contribution in [-0.2, 0) is 4.79 Å². The largest absolute Gasteiger partial charge is 0.419 e. The number of hydrogen-bond donors (Lipinski definition) is 2. The minimum Gasteiger partial charge on any atom is -0.419 e. The lowest BCUT2D eigenvalue weighted by Gasteiger charge is -2.18. The van der Waals surface area contributed by atoms with E-state index < -0.39 is 11.8 Å². The Labute approximate surface area is 154 Å². The molecule has 0 bridgehead atoms. The highest BCUT2D eigenvalue weighted by Crippen LogP contribution is 2.25. The summed E-state index contributed by atoms with van der Waals surface area (Å²) in [6.45, 7) is 4.58. The third kappa shape index (κ3) is 4.85. The molecule has 1 aromatic heterocycles. The Morgan fingerprint density at radius 2 is 2.15 bits per heavy atom. The summed E-state index contributed by atoms with van der Waals surface area (Å²) < 4.78 is 19.0. The Kier molecular flexibility index (Phi) is 6.40. The number of nitrogens with two attached hydrogens (primary N) is 1. The van der Waals surface area contributed by atoms with Crippen LogP contribution in [0.4, 0.5) is 9.52 Å². The highest BCUT2D eigenvalue weighted by Gasteiger charge is 2.18. The van der Waals surface area contributed by atoms with Crippen molar-refractivity contribution in [3.8, 4) is 5.75 Å². The zero-order valence-corrected chi connectivity index (χ0v) is 15.2. The van der Waals surface area contributed by atoms with Gasteiger partial charge >= 0.3 is 5.97 Å². The van der Waals surface area contributed by atoms with E-state index in [2.05, 4.69) is 4.98 Å². The second-order valence-electron chi connectivity index (χ2n) is 5.49. The van der Waals surface area contributed by atoms with E-state index in [0.717, 1.165) is 17.4 Å². The fourth-order valence-corrected chi connectivity index (χ4v) is 2.97. The number of nitrogens with one attached hydrogen (secondary N) is 1. The maximum absolute atomic E-state index is 14.0. The van der Waals surface area contributed by atoms with Crippen molar-refractivity contribution >= 4 is 34.1 Å². The molecule has 2 rings (SSSR count). The number of amidine groups is 1. The van der Waals surface area contributed by atoms with Gasteiger partial charge in [0.1, 0.15) is 16.5 Å². The van der Waals surface area contributed by atoms with E-state index in [1.54, 1.807) is 0 Å². The predicted molar refractivity (Wildman–Crippen MR) is 97.7 cm³/mol. The van der Waals surface area contributed by atoms with Crippen molar-refractivity contribution in [2.75, 3.05) is 18.0 Å². The van der Waals surface area contributed by atoms with Crippen molar-refractivity contribution in [2.24, 2.45) is 5.73 Å². The molecule has 0 aliphatic heterocycles. The topological polar surface area (TPSA) is 109 Å². The number of thiazole rings is 1. The van der Waals surface area contributed by atoms with Gasteiger partial charge in [0, 0.05) is 25.1 Å². The second-order valence-corrected chi connectivity index (χ2v) is 6.50. The third-order valence-corrected chi connectivity index (χ3v) is 4.56. The molecule has 1 aromatic carbocycles. The fourth-order valence-electron chi connectivity index (χ4n) is 2.09. The normalized spacial score (nSPS) is 10.4. The number of esters is 1. The fraction of sp³-hybridized carbons (Fsp3) is 0.294. The Bertz CT molecular complexity index is 837. The van der Waals surface area contributed by atoms with E-state index in [-0.39, 0.29) is 27.8 Å². The number of nitrogens with zero attached hydrogens (tertiary/aromatic N) is 2. The van der Waals surface area contributed by atoms with Gasteiger partial charge < -0.3 is 15.4 Å². The Balaban J connectivity index is 2.10. The average molecular weight is 378 g/mol. The number of rotatable bonds is 8. The SMILES string of the molecule is CCN(CCC(C)=O)c1ncc(C(=O)Oc2ccc(C(=N)N)cc2F)s1. The zero-order chi connectivity index (χ0) is 19.3. The molecule has 0 amide bonds. The van der Waals surface area contributed by atoms with Crippen molar-refractivity contribution in [2.45, 2.75) is 20.3 Å². The number of carbonyl (C=O) groups is 2. The smallest absolute Gasteiger partial charge is 0.355 e. The molecule has 1 heterocycles. The highest BCUT2D eigenvalue weighted by molar-refractivity contribution is 7.17. The Hall–Kier alpha value is -2.81. The number of anilines is 1. The molecule has 138 valence electrons. The van der Waals surface area contributed by atoms with Crippen molar-refractivity contribution in [1.82, 2.24) is 4.98 Å². The first kappa shape index (κ1) is 19.5. The molecule has 0 radical (unpaired) electrons. The second kappa shape index (κ2) is 8.52. The number of ether oxygens (including phenoxy) is 1. The molecule has 26 heavy (non-hydrogen) atoms. The lowest BCUT2D eigenvalue weighted by atomic mass is 10.2. The summed E-state index contributed by atoms with van der Waals surface area (Å²) in [5, 5.41) is 7.86. The third-order valence-electron chi connectivity index (χ3n) is 3.53. The van der Waals surface area contributed by atoms with Crippen LogP contribution in [0.1, 0.15) is 35.5 Å². The minimum absolute atomic E-state index is 0.0733.